The molecule has 0 aromatic carbocycles. The van der Waals surface area contributed by atoms with Crippen molar-refractivity contribution in [2.45, 2.75) is 45.2 Å². The van der Waals surface area contributed by atoms with Crippen LogP contribution in [0.5, 0.6) is 0 Å². The number of hydrogen-bond acceptors (Lipinski definition) is 3. The molecule has 2 N–H and O–H groups in total. The van der Waals surface area contributed by atoms with Crippen LogP contribution >= 0.6 is 0 Å². The molecule has 0 aliphatic heterocycles. The fraction of sp³-hybridized carbons (Fsp3) is 0.533. The summed E-state index contributed by atoms with van der Waals surface area (Å²) < 4.78 is 0. The van der Waals surface area contributed by atoms with Gasteiger partial charge < -0.3 is 10.6 Å². The van der Waals surface area contributed by atoms with E-state index in [1.165, 1.54) is 6.92 Å². The van der Waals surface area contributed by atoms with Crippen molar-refractivity contribution in [1.82, 2.24) is 15.6 Å². The van der Waals surface area contributed by atoms with Crippen molar-refractivity contribution in [3.63, 3.8) is 0 Å². The molecule has 108 valence electrons. The van der Waals surface area contributed by atoms with E-state index in [4.69, 9.17) is 0 Å². The topological polar surface area (TPSA) is 71.1 Å². The van der Waals surface area contributed by atoms with Gasteiger partial charge in [0.2, 0.25) is 11.8 Å². The van der Waals surface area contributed by atoms with Crippen LogP contribution in [0.3, 0.4) is 0 Å². The third-order valence-corrected chi connectivity index (χ3v) is 3.68. The maximum atomic E-state index is 12.3. The lowest BCUT2D eigenvalue weighted by molar-refractivity contribution is -0.129. The first-order valence-corrected chi connectivity index (χ1v) is 7.11. The maximum absolute atomic E-state index is 12.3. The van der Waals surface area contributed by atoms with Gasteiger partial charge in [0.05, 0.1) is 12.2 Å². The first-order chi connectivity index (χ1) is 9.66. The third kappa shape index (κ3) is 4.05. The minimum atomic E-state index is -0.418. The van der Waals surface area contributed by atoms with Crippen LogP contribution in [0.1, 0.15) is 38.3 Å². The van der Waals surface area contributed by atoms with Crippen LogP contribution in [0.2, 0.25) is 0 Å². The minimum absolute atomic E-state index is 0.113. The highest BCUT2D eigenvalue weighted by Gasteiger charge is 2.31. The van der Waals surface area contributed by atoms with E-state index in [1.54, 1.807) is 6.20 Å². The van der Waals surface area contributed by atoms with Crippen LogP contribution in [-0.4, -0.2) is 22.8 Å². The highest BCUT2D eigenvalue weighted by atomic mass is 16.2. The van der Waals surface area contributed by atoms with Gasteiger partial charge in [-0.1, -0.05) is 18.9 Å². The molecule has 1 heterocycles. The fourth-order valence-corrected chi connectivity index (χ4v) is 2.70. The summed E-state index contributed by atoms with van der Waals surface area (Å²) in [4.78, 5) is 27.7. The molecule has 0 spiro atoms. The Morgan fingerprint density at radius 1 is 1.35 bits per heavy atom. The fourth-order valence-electron chi connectivity index (χ4n) is 2.70. The van der Waals surface area contributed by atoms with E-state index >= 15 is 0 Å². The molecule has 1 saturated carbocycles. The summed E-state index contributed by atoms with van der Waals surface area (Å²) in [5.41, 5.74) is 0.814. The molecule has 0 radical (unpaired) electrons. The average Bonchev–Trinajstić information content (AvgIpc) is 2.97. The smallest absolute Gasteiger partial charge is 0.243 e. The Balaban J connectivity index is 1.93. The van der Waals surface area contributed by atoms with Crippen LogP contribution in [0.25, 0.3) is 0 Å². The summed E-state index contributed by atoms with van der Waals surface area (Å²) in [5.74, 6) is -0.0183. The number of carbonyl (C=O) groups is 2. The Morgan fingerprint density at radius 3 is 2.70 bits per heavy atom. The molecular weight excluding hydrogens is 254 g/mol. The zero-order valence-corrected chi connectivity index (χ0v) is 11.8. The van der Waals surface area contributed by atoms with Crippen molar-refractivity contribution in [2.24, 2.45) is 5.92 Å². The first-order valence-electron chi connectivity index (χ1n) is 7.11. The van der Waals surface area contributed by atoms with Crippen LogP contribution in [0.15, 0.2) is 24.4 Å². The molecule has 5 nitrogen and oxygen atoms in total. The second-order valence-electron chi connectivity index (χ2n) is 5.26. The lowest BCUT2D eigenvalue weighted by Gasteiger charge is -2.23. The van der Waals surface area contributed by atoms with E-state index in [0.29, 0.717) is 6.54 Å². The van der Waals surface area contributed by atoms with E-state index in [-0.39, 0.29) is 17.7 Å². The monoisotopic (exact) mass is 275 g/mol. The van der Waals surface area contributed by atoms with Crippen molar-refractivity contribution in [2.75, 3.05) is 0 Å². The lowest BCUT2D eigenvalue weighted by atomic mass is 9.97. The number of carbonyl (C=O) groups excluding carboxylic acids is 2. The Hall–Kier alpha value is -1.91. The van der Waals surface area contributed by atoms with Gasteiger partial charge in [0, 0.05) is 13.1 Å². The molecule has 1 aliphatic rings. The van der Waals surface area contributed by atoms with E-state index in [1.807, 2.05) is 18.2 Å². The largest absolute Gasteiger partial charge is 0.349 e. The highest BCUT2D eigenvalue weighted by Crippen LogP contribution is 2.27. The highest BCUT2D eigenvalue weighted by molar-refractivity contribution is 5.87. The van der Waals surface area contributed by atoms with Crippen molar-refractivity contribution in [1.29, 1.82) is 0 Å². The summed E-state index contributed by atoms with van der Waals surface area (Å²) in [5, 5.41) is 5.65. The Labute approximate surface area is 119 Å². The summed E-state index contributed by atoms with van der Waals surface area (Å²) in [6.07, 6.45) is 5.97. The summed E-state index contributed by atoms with van der Waals surface area (Å²) in [6, 6.07) is 5.17. The number of amides is 2. The normalized spacial score (nSPS) is 16.6. The summed E-state index contributed by atoms with van der Waals surface area (Å²) >= 11 is 0. The van der Waals surface area contributed by atoms with Gasteiger partial charge in [-0.25, -0.2) is 0 Å². The molecule has 5 heteroatoms. The van der Waals surface area contributed by atoms with Crippen molar-refractivity contribution < 1.29 is 9.59 Å². The molecule has 1 fully saturated rings. The minimum Gasteiger partial charge on any atom is -0.349 e. The Bertz CT molecular complexity index is 455. The average molecular weight is 275 g/mol. The number of nitrogens with zero attached hydrogens (tertiary/aromatic N) is 1. The Kier molecular flexibility index (Phi) is 5.09. The molecule has 2 rings (SSSR count). The number of aromatic nitrogens is 1. The molecule has 2 amide bonds. The zero-order valence-electron chi connectivity index (χ0n) is 11.8. The van der Waals surface area contributed by atoms with Crippen LogP contribution < -0.4 is 10.6 Å². The second-order valence-corrected chi connectivity index (χ2v) is 5.26. The number of nitrogens with one attached hydrogen (secondary N) is 2. The van der Waals surface area contributed by atoms with Crippen molar-refractivity contribution in [3.05, 3.63) is 30.1 Å². The predicted molar refractivity (Wildman–Crippen MR) is 75.6 cm³/mol. The molecule has 20 heavy (non-hydrogen) atoms. The van der Waals surface area contributed by atoms with Crippen molar-refractivity contribution in [3.8, 4) is 0 Å². The van der Waals surface area contributed by atoms with E-state index in [2.05, 4.69) is 15.6 Å². The molecule has 0 saturated heterocycles. The summed E-state index contributed by atoms with van der Waals surface area (Å²) in [6.45, 7) is 1.84. The summed E-state index contributed by atoms with van der Waals surface area (Å²) in [7, 11) is 0. The zero-order chi connectivity index (χ0) is 14.4. The van der Waals surface area contributed by atoms with Gasteiger partial charge in [-0.15, -0.1) is 0 Å². The molecule has 1 atom stereocenters. The van der Waals surface area contributed by atoms with Gasteiger partial charge in [0.25, 0.3) is 0 Å². The van der Waals surface area contributed by atoms with Gasteiger partial charge >= 0.3 is 0 Å². The third-order valence-electron chi connectivity index (χ3n) is 3.68. The lowest BCUT2D eigenvalue weighted by Crippen LogP contribution is -2.49. The predicted octanol–water partition coefficient (Wildman–Crippen LogP) is 1.39. The first kappa shape index (κ1) is 14.5. The van der Waals surface area contributed by atoms with Gasteiger partial charge in [-0.2, -0.15) is 0 Å². The van der Waals surface area contributed by atoms with E-state index in [0.717, 1.165) is 31.4 Å². The van der Waals surface area contributed by atoms with Gasteiger partial charge in [0.15, 0.2) is 0 Å². The number of hydrogen-bond donors (Lipinski definition) is 2. The molecule has 1 aromatic rings. The number of rotatable bonds is 5. The molecule has 1 unspecified atom stereocenters. The van der Waals surface area contributed by atoms with Crippen LogP contribution in [0.4, 0.5) is 0 Å². The SMILES string of the molecule is CC(=O)NC(C(=O)NCc1ccccn1)C1CCCC1. The van der Waals surface area contributed by atoms with Crippen molar-refractivity contribution >= 4 is 11.8 Å². The maximum Gasteiger partial charge on any atom is 0.243 e. The molecular formula is C15H21N3O2. The second kappa shape index (κ2) is 7.03. The van der Waals surface area contributed by atoms with Gasteiger partial charge in [0.1, 0.15) is 6.04 Å². The standard InChI is InChI=1S/C15H21N3O2/c1-11(19)18-14(12-6-2-3-7-12)15(20)17-10-13-8-4-5-9-16-13/h4-5,8-9,12,14H,2-3,6-7,10H2,1H3,(H,17,20)(H,18,19). The number of pyridine rings is 1. The van der Waals surface area contributed by atoms with E-state index < -0.39 is 6.04 Å². The van der Waals surface area contributed by atoms with Crippen LogP contribution in [-0.2, 0) is 16.1 Å². The van der Waals surface area contributed by atoms with Gasteiger partial charge in [-0.05, 0) is 30.9 Å². The Morgan fingerprint density at radius 2 is 2.10 bits per heavy atom. The molecule has 0 bridgehead atoms. The molecule has 1 aromatic heterocycles. The van der Waals surface area contributed by atoms with Crippen LogP contribution in [0, 0.1) is 5.92 Å². The van der Waals surface area contributed by atoms with Gasteiger partial charge in [-0.3, -0.25) is 14.6 Å². The van der Waals surface area contributed by atoms with E-state index in [9.17, 15) is 9.59 Å². The quantitative estimate of drug-likeness (QED) is 0.853. The molecule has 1 aliphatic carbocycles.